The van der Waals surface area contributed by atoms with Crippen molar-refractivity contribution in [2.75, 3.05) is 5.75 Å². The molecule has 2 nitrogen and oxygen atoms in total. The number of rotatable bonds is 3. The highest BCUT2D eigenvalue weighted by atomic mass is 35.5. The van der Waals surface area contributed by atoms with Crippen LogP contribution in [0.3, 0.4) is 0 Å². The third-order valence-corrected chi connectivity index (χ3v) is 3.19. The number of terminal acetylenes is 1. The predicted octanol–water partition coefficient (Wildman–Crippen LogP) is 1.89. The van der Waals surface area contributed by atoms with Gasteiger partial charge < -0.3 is 0 Å². The van der Waals surface area contributed by atoms with Crippen LogP contribution in [0.5, 0.6) is 0 Å². The van der Waals surface area contributed by atoms with E-state index in [-0.39, 0.29) is 11.5 Å². The Hall–Kier alpha value is -0.980. The van der Waals surface area contributed by atoms with Gasteiger partial charge in [0, 0.05) is 5.02 Å². The van der Waals surface area contributed by atoms with Crippen molar-refractivity contribution < 1.29 is 8.42 Å². The van der Waals surface area contributed by atoms with E-state index in [9.17, 15) is 8.42 Å². The number of hydrogen-bond donors (Lipinski definition) is 0. The zero-order valence-corrected chi connectivity index (χ0v) is 8.98. The molecule has 0 aliphatic rings. The molecule has 0 saturated carbocycles. The average Bonchev–Trinajstić information content (AvgIpc) is 2.02. The lowest BCUT2D eigenvalue weighted by Gasteiger charge is -2.01. The molecule has 0 aromatic heterocycles. The van der Waals surface area contributed by atoms with E-state index in [1.165, 1.54) is 0 Å². The van der Waals surface area contributed by atoms with E-state index in [4.69, 9.17) is 18.0 Å². The zero-order chi connectivity index (χ0) is 10.6. The van der Waals surface area contributed by atoms with Gasteiger partial charge in [0.15, 0.2) is 9.84 Å². The first kappa shape index (κ1) is 11.1. The standard InChI is InChI=1S/C10H9ClO2S/c1-2-6-14(12,13)8-9-4-3-5-10(11)7-9/h1,3-5,7H,6,8H2. The molecule has 0 radical (unpaired) electrons. The maximum atomic E-state index is 11.3. The first-order valence-corrected chi connectivity index (χ1v) is 6.12. The summed E-state index contributed by atoms with van der Waals surface area (Å²) in [5.74, 6) is 1.83. The molecule has 1 rings (SSSR count). The van der Waals surface area contributed by atoms with Gasteiger partial charge in [-0.15, -0.1) is 6.42 Å². The van der Waals surface area contributed by atoms with Gasteiger partial charge in [-0.05, 0) is 17.7 Å². The molecule has 74 valence electrons. The van der Waals surface area contributed by atoms with Crippen molar-refractivity contribution in [3.63, 3.8) is 0 Å². The second-order valence-electron chi connectivity index (χ2n) is 2.87. The van der Waals surface area contributed by atoms with Crippen molar-refractivity contribution in [3.05, 3.63) is 34.9 Å². The van der Waals surface area contributed by atoms with Gasteiger partial charge in [-0.2, -0.15) is 0 Å². The number of benzene rings is 1. The van der Waals surface area contributed by atoms with Crippen molar-refractivity contribution in [3.8, 4) is 12.3 Å². The van der Waals surface area contributed by atoms with E-state index in [1.807, 2.05) is 0 Å². The summed E-state index contributed by atoms with van der Waals surface area (Å²) in [5.41, 5.74) is 0.660. The highest BCUT2D eigenvalue weighted by Crippen LogP contribution is 2.13. The summed E-state index contributed by atoms with van der Waals surface area (Å²) < 4.78 is 22.7. The SMILES string of the molecule is C#CCS(=O)(=O)Cc1cccc(Cl)c1. The van der Waals surface area contributed by atoms with E-state index in [1.54, 1.807) is 24.3 Å². The summed E-state index contributed by atoms with van der Waals surface area (Å²) in [6.07, 6.45) is 4.94. The smallest absolute Gasteiger partial charge is 0.165 e. The minimum absolute atomic E-state index is 0.0578. The molecule has 0 amide bonds. The van der Waals surface area contributed by atoms with Crippen molar-refractivity contribution in [1.29, 1.82) is 0 Å². The lowest BCUT2D eigenvalue weighted by atomic mass is 10.2. The van der Waals surface area contributed by atoms with Crippen molar-refractivity contribution in [2.45, 2.75) is 5.75 Å². The first-order valence-electron chi connectivity index (χ1n) is 3.92. The second-order valence-corrected chi connectivity index (χ2v) is 5.37. The Labute approximate surface area is 88.8 Å². The number of halogens is 1. The van der Waals surface area contributed by atoms with Crippen LogP contribution in [-0.4, -0.2) is 14.2 Å². The fraction of sp³-hybridized carbons (Fsp3) is 0.200. The van der Waals surface area contributed by atoms with Crippen molar-refractivity contribution in [2.24, 2.45) is 0 Å². The van der Waals surface area contributed by atoms with Gasteiger partial charge in [-0.1, -0.05) is 29.7 Å². The maximum absolute atomic E-state index is 11.3. The van der Waals surface area contributed by atoms with Crippen LogP contribution in [0.25, 0.3) is 0 Å². The lowest BCUT2D eigenvalue weighted by molar-refractivity contribution is 0.598. The second kappa shape index (κ2) is 4.50. The number of sulfone groups is 1. The molecule has 0 saturated heterocycles. The zero-order valence-electron chi connectivity index (χ0n) is 7.40. The van der Waals surface area contributed by atoms with Gasteiger partial charge in [-0.25, -0.2) is 8.42 Å². The molecule has 0 unspecified atom stereocenters. The summed E-state index contributed by atoms with van der Waals surface area (Å²) in [6.45, 7) is 0. The maximum Gasteiger partial charge on any atom is 0.165 e. The summed E-state index contributed by atoms with van der Waals surface area (Å²) in [7, 11) is -3.20. The summed E-state index contributed by atoms with van der Waals surface area (Å²) in [6, 6.07) is 6.73. The van der Waals surface area contributed by atoms with Crippen LogP contribution in [0.1, 0.15) is 5.56 Å². The Kier molecular flexibility index (Phi) is 3.56. The number of hydrogen-bond acceptors (Lipinski definition) is 2. The van der Waals surface area contributed by atoms with E-state index in [0.29, 0.717) is 10.6 Å². The lowest BCUT2D eigenvalue weighted by Crippen LogP contribution is -2.07. The summed E-state index contributed by atoms with van der Waals surface area (Å²) in [4.78, 5) is 0. The highest BCUT2D eigenvalue weighted by Gasteiger charge is 2.09. The Morgan fingerprint density at radius 1 is 1.43 bits per heavy atom. The van der Waals surface area contributed by atoms with E-state index >= 15 is 0 Å². The van der Waals surface area contributed by atoms with Crippen LogP contribution in [0.4, 0.5) is 0 Å². The fourth-order valence-electron chi connectivity index (χ4n) is 1.06. The topological polar surface area (TPSA) is 34.1 Å². The van der Waals surface area contributed by atoms with E-state index in [0.717, 1.165) is 0 Å². The third kappa shape index (κ3) is 3.41. The molecule has 0 N–H and O–H groups in total. The van der Waals surface area contributed by atoms with Crippen molar-refractivity contribution >= 4 is 21.4 Å². The Morgan fingerprint density at radius 2 is 2.14 bits per heavy atom. The summed E-state index contributed by atoms with van der Waals surface area (Å²) >= 11 is 5.72. The van der Waals surface area contributed by atoms with E-state index < -0.39 is 9.84 Å². The van der Waals surface area contributed by atoms with Gasteiger partial charge in [0.25, 0.3) is 0 Å². The highest BCUT2D eigenvalue weighted by molar-refractivity contribution is 7.90. The fourth-order valence-corrected chi connectivity index (χ4v) is 2.31. The molecular weight excluding hydrogens is 220 g/mol. The van der Waals surface area contributed by atoms with Gasteiger partial charge in [0.05, 0.1) is 5.75 Å². The average molecular weight is 229 g/mol. The Bertz CT molecular complexity index is 457. The van der Waals surface area contributed by atoms with Gasteiger partial charge in [-0.3, -0.25) is 0 Å². The first-order chi connectivity index (χ1) is 6.53. The van der Waals surface area contributed by atoms with Crippen LogP contribution in [0.2, 0.25) is 5.02 Å². The molecule has 0 aliphatic carbocycles. The summed E-state index contributed by atoms with van der Waals surface area (Å²) in [5, 5.41) is 0.526. The Morgan fingerprint density at radius 3 is 2.71 bits per heavy atom. The van der Waals surface area contributed by atoms with Crippen LogP contribution < -0.4 is 0 Å². The quantitative estimate of drug-likeness (QED) is 0.741. The molecule has 1 aromatic carbocycles. The molecule has 1 aromatic rings. The third-order valence-electron chi connectivity index (χ3n) is 1.58. The molecule has 14 heavy (non-hydrogen) atoms. The molecule has 0 atom stereocenters. The molecule has 4 heteroatoms. The van der Waals surface area contributed by atoms with Crippen LogP contribution >= 0.6 is 11.6 Å². The van der Waals surface area contributed by atoms with Crippen molar-refractivity contribution in [1.82, 2.24) is 0 Å². The minimum Gasteiger partial charge on any atom is -0.228 e. The molecular formula is C10H9ClO2S. The largest absolute Gasteiger partial charge is 0.228 e. The monoisotopic (exact) mass is 228 g/mol. The normalized spacial score (nSPS) is 10.9. The Balaban J connectivity index is 2.85. The van der Waals surface area contributed by atoms with Crippen LogP contribution in [0, 0.1) is 12.3 Å². The molecule has 0 spiro atoms. The predicted molar refractivity (Wildman–Crippen MR) is 57.8 cm³/mol. The van der Waals surface area contributed by atoms with Crippen LogP contribution in [0.15, 0.2) is 24.3 Å². The molecule has 0 bridgehead atoms. The molecule has 0 aliphatic heterocycles. The molecule has 0 fully saturated rings. The van der Waals surface area contributed by atoms with E-state index in [2.05, 4.69) is 5.92 Å². The van der Waals surface area contributed by atoms with Crippen LogP contribution in [-0.2, 0) is 15.6 Å². The van der Waals surface area contributed by atoms with Gasteiger partial charge >= 0.3 is 0 Å². The van der Waals surface area contributed by atoms with Gasteiger partial charge in [0.2, 0.25) is 0 Å². The minimum atomic E-state index is -3.20. The van der Waals surface area contributed by atoms with Gasteiger partial charge in [0.1, 0.15) is 5.75 Å². The molecule has 0 heterocycles.